The van der Waals surface area contributed by atoms with Gasteiger partial charge in [-0.3, -0.25) is 0 Å². The van der Waals surface area contributed by atoms with Crippen molar-refractivity contribution in [3.63, 3.8) is 0 Å². The zero-order valence-electron chi connectivity index (χ0n) is 9.18. The lowest BCUT2D eigenvalue weighted by molar-refractivity contribution is 0.374. The van der Waals surface area contributed by atoms with Crippen LogP contribution in [-0.4, -0.2) is 12.1 Å². The maximum Gasteiger partial charge on any atom is 0.238 e. The van der Waals surface area contributed by atoms with Crippen molar-refractivity contribution in [2.75, 3.05) is 12.8 Å². The zero-order valence-corrected chi connectivity index (χ0v) is 9.94. The van der Waals surface area contributed by atoms with E-state index >= 15 is 0 Å². The van der Waals surface area contributed by atoms with Crippen molar-refractivity contribution in [1.82, 2.24) is 4.98 Å². The summed E-state index contributed by atoms with van der Waals surface area (Å²) in [6.45, 7) is 0. The van der Waals surface area contributed by atoms with Gasteiger partial charge in [0, 0.05) is 0 Å². The maximum absolute atomic E-state index is 5.97. The summed E-state index contributed by atoms with van der Waals surface area (Å²) in [5, 5.41) is 0.357. The third-order valence-corrected chi connectivity index (χ3v) is 2.38. The van der Waals surface area contributed by atoms with Gasteiger partial charge in [0.1, 0.15) is 5.02 Å². The van der Waals surface area contributed by atoms with Crippen molar-refractivity contribution in [3.05, 3.63) is 41.6 Å². The van der Waals surface area contributed by atoms with E-state index in [9.17, 15) is 0 Å². The smallest absolute Gasteiger partial charge is 0.238 e. The van der Waals surface area contributed by atoms with Crippen molar-refractivity contribution in [1.29, 1.82) is 0 Å². The minimum absolute atomic E-state index is 0.297. The molecule has 0 aliphatic carbocycles. The molecule has 1 heterocycles. The second-order valence-corrected chi connectivity index (χ2v) is 3.72. The Balaban J connectivity index is 2.31. The van der Waals surface area contributed by atoms with Gasteiger partial charge in [0.05, 0.1) is 19.0 Å². The standard InChI is InChI=1S/C12H11ClN2O2/c1-16-10-4-2-3-5-11(10)17-12-9(13)6-8(14)7-15-12/h2-7H,14H2,1H3. The molecule has 0 unspecified atom stereocenters. The highest BCUT2D eigenvalue weighted by atomic mass is 35.5. The van der Waals surface area contributed by atoms with Crippen molar-refractivity contribution < 1.29 is 9.47 Å². The van der Waals surface area contributed by atoms with Gasteiger partial charge in [-0.2, -0.15) is 0 Å². The number of halogens is 1. The van der Waals surface area contributed by atoms with E-state index in [0.29, 0.717) is 28.1 Å². The summed E-state index contributed by atoms with van der Waals surface area (Å²) < 4.78 is 10.7. The molecule has 0 saturated carbocycles. The highest BCUT2D eigenvalue weighted by Crippen LogP contribution is 2.33. The lowest BCUT2D eigenvalue weighted by atomic mass is 10.3. The molecule has 2 aromatic rings. The van der Waals surface area contributed by atoms with Gasteiger partial charge < -0.3 is 15.2 Å². The fraction of sp³-hybridized carbons (Fsp3) is 0.0833. The molecule has 0 aliphatic rings. The third kappa shape index (κ3) is 2.60. The largest absolute Gasteiger partial charge is 0.493 e. The van der Waals surface area contributed by atoms with E-state index in [1.807, 2.05) is 12.1 Å². The molecule has 0 fully saturated rings. The van der Waals surface area contributed by atoms with Gasteiger partial charge in [0.2, 0.25) is 5.88 Å². The topological polar surface area (TPSA) is 57.4 Å². The number of rotatable bonds is 3. The fourth-order valence-corrected chi connectivity index (χ4v) is 1.54. The van der Waals surface area contributed by atoms with Crippen LogP contribution in [-0.2, 0) is 0 Å². The molecule has 0 radical (unpaired) electrons. The summed E-state index contributed by atoms with van der Waals surface area (Å²) in [7, 11) is 1.57. The molecule has 17 heavy (non-hydrogen) atoms. The predicted octanol–water partition coefficient (Wildman–Crippen LogP) is 3.12. The lowest BCUT2D eigenvalue weighted by Gasteiger charge is -2.10. The van der Waals surface area contributed by atoms with Crippen LogP contribution in [0.1, 0.15) is 0 Å². The van der Waals surface area contributed by atoms with Crippen LogP contribution in [0.15, 0.2) is 36.5 Å². The Hall–Kier alpha value is -1.94. The first-order chi connectivity index (χ1) is 8.20. The summed E-state index contributed by atoms with van der Waals surface area (Å²) in [6, 6.07) is 8.83. The molecule has 1 aromatic heterocycles. The number of nitrogens with zero attached hydrogens (tertiary/aromatic N) is 1. The molecule has 0 bridgehead atoms. The quantitative estimate of drug-likeness (QED) is 0.909. The molecule has 1 aromatic carbocycles. The molecule has 2 N–H and O–H groups in total. The minimum Gasteiger partial charge on any atom is -0.493 e. The molecule has 5 heteroatoms. The highest BCUT2D eigenvalue weighted by molar-refractivity contribution is 6.32. The Kier molecular flexibility index (Phi) is 3.35. The van der Waals surface area contributed by atoms with Gasteiger partial charge in [-0.05, 0) is 18.2 Å². The van der Waals surface area contributed by atoms with Crippen LogP contribution in [0.4, 0.5) is 5.69 Å². The van der Waals surface area contributed by atoms with Crippen LogP contribution in [0, 0.1) is 0 Å². The molecular formula is C12H11ClN2O2. The van der Waals surface area contributed by atoms with Gasteiger partial charge in [-0.15, -0.1) is 0 Å². The average molecular weight is 251 g/mol. The maximum atomic E-state index is 5.97. The van der Waals surface area contributed by atoms with E-state index in [-0.39, 0.29) is 0 Å². The number of nitrogen functional groups attached to an aromatic ring is 1. The first kappa shape index (κ1) is 11.5. The van der Waals surface area contributed by atoms with Crippen molar-refractivity contribution in [2.45, 2.75) is 0 Å². The summed E-state index contributed by atoms with van der Waals surface area (Å²) in [6.07, 6.45) is 1.48. The van der Waals surface area contributed by atoms with E-state index in [2.05, 4.69) is 4.98 Å². The molecule has 0 aliphatic heterocycles. The second kappa shape index (κ2) is 4.93. The molecule has 0 amide bonds. The molecule has 0 spiro atoms. The Bertz CT molecular complexity index is 532. The SMILES string of the molecule is COc1ccccc1Oc1ncc(N)cc1Cl. The van der Waals surface area contributed by atoms with Crippen LogP contribution >= 0.6 is 11.6 Å². The number of hydrogen-bond acceptors (Lipinski definition) is 4. The first-order valence-electron chi connectivity index (χ1n) is 4.92. The number of anilines is 1. The van der Waals surface area contributed by atoms with Crippen molar-refractivity contribution in [2.24, 2.45) is 0 Å². The second-order valence-electron chi connectivity index (χ2n) is 3.31. The summed E-state index contributed by atoms with van der Waals surface area (Å²) in [5.74, 6) is 1.46. The molecule has 0 atom stereocenters. The molecular weight excluding hydrogens is 240 g/mol. The number of methoxy groups -OCH3 is 1. The summed E-state index contributed by atoms with van der Waals surface area (Å²) in [4.78, 5) is 4.01. The normalized spacial score (nSPS) is 10.0. The van der Waals surface area contributed by atoms with E-state index in [0.717, 1.165) is 0 Å². The zero-order chi connectivity index (χ0) is 12.3. The lowest BCUT2D eigenvalue weighted by Crippen LogP contribution is -1.94. The number of aromatic nitrogens is 1. The van der Waals surface area contributed by atoms with Crippen molar-refractivity contribution in [3.8, 4) is 17.4 Å². The van der Waals surface area contributed by atoms with Crippen LogP contribution < -0.4 is 15.2 Å². The molecule has 4 nitrogen and oxygen atoms in total. The molecule has 88 valence electrons. The summed E-state index contributed by atoms with van der Waals surface area (Å²) >= 11 is 5.97. The van der Waals surface area contributed by atoms with E-state index in [4.69, 9.17) is 26.8 Å². The summed E-state index contributed by atoms with van der Waals surface area (Å²) in [5.41, 5.74) is 6.04. The minimum atomic E-state index is 0.297. The highest BCUT2D eigenvalue weighted by Gasteiger charge is 2.08. The number of ether oxygens (including phenoxy) is 2. The van der Waals surface area contributed by atoms with Crippen LogP contribution in [0.25, 0.3) is 0 Å². The van der Waals surface area contributed by atoms with Gasteiger partial charge in [-0.1, -0.05) is 23.7 Å². The van der Waals surface area contributed by atoms with Gasteiger partial charge in [-0.25, -0.2) is 4.98 Å². The Morgan fingerprint density at radius 2 is 1.94 bits per heavy atom. The Labute approximate surface area is 104 Å². The van der Waals surface area contributed by atoms with E-state index in [1.165, 1.54) is 6.20 Å². The number of nitrogens with two attached hydrogens (primary N) is 1. The van der Waals surface area contributed by atoms with Gasteiger partial charge in [0.25, 0.3) is 0 Å². The number of benzene rings is 1. The predicted molar refractivity (Wildman–Crippen MR) is 66.7 cm³/mol. The van der Waals surface area contributed by atoms with E-state index in [1.54, 1.807) is 25.3 Å². The first-order valence-corrected chi connectivity index (χ1v) is 5.30. The monoisotopic (exact) mass is 250 g/mol. The van der Waals surface area contributed by atoms with Crippen LogP contribution in [0.5, 0.6) is 17.4 Å². The average Bonchev–Trinajstić information content (AvgIpc) is 2.33. The molecule has 0 saturated heterocycles. The Morgan fingerprint density at radius 3 is 2.59 bits per heavy atom. The number of hydrogen-bond donors (Lipinski definition) is 1. The Morgan fingerprint density at radius 1 is 1.24 bits per heavy atom. The third-order valence-electron chi connectivity index (χ3n) is 2.10. The van der Waals surface area contributed by atoms with Crippen molar-refractivity contribution >= 4 is 17.3 Å². The molecule has 2 rings (SSSR count). The van der Waals surface area contributed by atoms with Crippen LogP contribution in [0.2, 0.25) is 5.02 Å². The van der Waals surface area contributed by atoms with E-state index < -0.39 is 0 Å². The van der Waals surface area contributed by atoms with Gasteiger partial charge in [0.15, 0.2) is 11.5 Å². The fourth-order valence-electron chi connectivity index (χ4n) is 1.32. The van der Waals surface area contributed by atoms with Gasteiger partial charge >= 0.3 is 0 Å². The number of para-hydroxylation sites is 2. The number of pyridine rings is 1. The van der Waals surface area contributed by atoms with Crippen LogP contribution in [0.3, 0.4) is 0 Å².